The van der Waals surface area contributed by atoms with E-state index in [9.17, 15) is 4.79 Å². The van der Waals surface area contributed by atoms with Gasteiger partial charge in [0.05, 0.1) is 6.61 Å². The van der Waals surface area contributed by atoms with Gasteiger partial charge in [-0.05, 0) is 52.5 Å². The quantitative estimate of drug-likeness (QED) is 0.695. The number of rotatable bonds is 8. The lowest BCUT2D eigenvalue weighted by atomic mass is 10.2. The second kappa shape index (κ2) is 7.84. The Hall–Kier alpha value is -0.810. The van der Waals surface area contributed by atoms with Gasteiger partial charge in [-0.1, -0.05) is 0 Å². The SMILES string of the molecule is COCC(NCCCN(C)C(=O)OC(C)(C)C)C1CC1. The van der Waals surface area contributed by atoms with Crippen molar-refractivity contribution in [1.82, 2.24) is 10.2 Å². The maximum absolute atomic E-state index is 11.8. The van der Waals surface area contributed by atoms with Gasteiger partial charge in [0.2, 0.25) is 0 Å². The highest BCUT2D eigenvalue weighted by Crippen LogP contribution is 2.32. The molecule has 1 unspecified atom stereocenters. The Balaban J connectivity index is 2.14. The highest BCUT2D eigenvalue weighted by molar-refractivity contribution is 5.67. The predicted octanol–water partition coefficient (Wildman–Crippen LogP) is 2.26. The molecule has 5 nitrogen and oxygen atoms in total. The third-order valence-corrected chi connectivity index (χ3v) is 3.32. The van der Waals surface area contributed by atoms with Crippen LogP contribution in [0.5, 0.6) is 0 Å². The van der Waals surface area contributed by atoms with Crippen LogP contribution in [-0.2, 0) is 9.47 Å². The zero-order valence-electron chi connectivity index (χ0n) is 13.6. The number of nitrogens with one attached hydrogen (secondary N) is 1. The third kappa shape index (κ3) is 7.10. The minimum absolute atomic E-state index is 0.256. The smallest absolute Gasteiger partial charge is 0.410 e. The minimum Gasteiger partial charge on any atom is -0.444 e. The van der Waals surface area contributed by atoms with Gasteiger partial charge in [0.15, 0.2) is 0 Å². The van der Waals surface area contributed by atoms with Crippen molar-refractivity contribution in [1.29, 1.82) is 0 Å². The van der Waals surface area contributed by atoms with Crippen molar-refractivity contribution in [2.24, 2.45) is 5.92 Å². The number of carbonyl (C=O) groups excluding carboxylic acids is 1. The molecule has 1 fully saturated rings. The van der Waals surface area contributed by atoms with Crippen LogP contribution >= 0.6 is 0 Å². The molecule has 0 radical (unpaired) electrons. The number of carbonyl (C=O) groups is 1. The Morgan fingerprint density at radius 2 is 2.05 bits per heavy atom. The van der Waals surface area contributed by atoms with Gasteiger partial charge in [-0.3, -0.25) is 0 Å². The van der Waals surface area contributed by atoms with Crippen LogP contribution in [0, 0.1) is 5.92 Å². The second-order valence-electron chi connectivity index (χ2n) is 6.61. The summed E-state index contributed by atoms with van der Waals surface area (Å²) in [7, 11) is 3.52. The minimum atomic E-state index is -0.431. The summed E-state index contributed by atoms with van der Waals surface area (Å²) in [6, 6.07) is 0.465. The summed E-state index contributed by atoms with van der Waals surface area (Å²) < 4.78 is 10.5. The first kappa shape index (κ1) is 17.2. The first-order valence-electron chi connectivity index (χ1n) is 7.50. The fourth-order valence-electron chi connectivity index (χ4n) is 2.07. The van der Waals surface area contributed by atoms with Gasteiger partial charge in [-0.15, -0.1) is 0 Å². The molecule has 1 rings (SSSR count). The van der Waals surface area contributed by atoms with Crippen LogP contribution in [0.25, 0.3) is 0 Å². The molecular formula is C15H30N2O3. The number of amides is 1. The molecule has 1 atom stereocenters. The van der Waals surface area contributed by atoms with Gasteiger partial charge in [0.1, 0.15) is 5.60 Å². The summed E-state index contributed by atoms with van der Waals surface area (Å²) in [5, 5.41) is 3.52. The monoisotopic (exact) mass is 286 g/mol. The molecule has 0 aromatic rings. The zero-order chi connectivity index (χ0) is 15.2. The average molecular weight is 286 g/mol. The van der Waals surface area contributed by atoms with E-state index in [-0.39, 0.29) is 6.09 Å². The van der Waals surface area contributed by atoms with Crippen LogP contribution < -0.4 is 5.32 Å². The van der Waals surface area contributed by atoms with E-state index in [1.54, 1.807) is 19.1 Å². The van der Waals surface area contributed by atoms with Crippen molar-refractivity contribution < 1.29 is 14.3 Å². The van der Waals surface area contributed by atoms with Gasteiger partial charge in [-0.25, -0.2) is 4.79 Å². The fraction of sp³-hybridized carbons (Fsp3) is 0.933. The van der Waals surface area contributed by atoms with Gasteiger partial charge in [0, 0.05) is 26.7 Å². The van der Waals surface area contributed by atoms with Crippen molar-refractivity contribution in [3.63, 3.8) is 0 Å². The molecular weight excluding hydrogens is 256 g/mol. The highest BCUT2D eigenvalue weighted by atomic mass is 16.6. The second-order valence-corrected chi connectivity index (χ2v) is 6.61. The van der Waals surface area contributed by atoms with Crippen LogP contribution in [-0.4, -0.2) is 56.5 Å². The van der Waals surface area contributed by atoms with Crippen LogP contribution in [0.15, 0.2) is 0 Å². The van der Waals surface area contributed by atoms with Crippen molar-refractivity contribution in [2.45, 2.75) is 51.7 Å². The summed E-state index contributed by atoms with van der Waals surface area (Å²) in [5.74, 6) is 0.776. The Bertz CT molecular complexity index is 298. The van der Waals surface area contributed by atoms with Crippen molar-refractivity contribution in [3.8, 4) is 0 Å². The maximum Gasteiger partial charge on any atom is 0.410 e. The largest absolute Gasteiger partial charge is 0.444 e. The topological polar surface area (TPSA) is 50.8 Å². The average Bonchev–Trinajstić information content (AvgIpc) is 3.14. The van der Waals surface area contributed by atoms with Crippen molar-refractivity contribution in [3.05, 3.63) is 0 Å². The number of nitrogens with zero attached hydrogens (tertiary/aromatic N) is 1. The fourth-order valence-corrected chi connectivity index (χ4v) is 2.07. The Kier molecular flexibility index (Phi) is 6.76. The van der Waals surface area contributed by atoms with E-state index in [4.69, 9.17) is 9.47 Å². The van der Waals surface area contributed by atoms with E-state index in [1.165, 1.54) is 12.8 Å². The molecule has 5 heteroatoms. The Morgan fingerprint density at radius 1 is 1.40 bits per heavy atom. The van der Waals surface area contributed by atoms with Gasteiger partial charge < -0.3 is 19.7 Å². The molecule has 1 amide bonds. The third-order valence-electron chi connectivity index (χ3n) is 3.32. The van der Waals surface area contributed by atoms with Crippen LogP contribution in [0.4, 0.5) is 4.79 Å². The predicted molar refractivity (Wildman–Crippen MR) is 79.9 cm³/mol. The molecule has 1 saturated carbocycles. The Morgan fingerprint density at radius 3 is 2.55 bits per heavy atom. The first-order valence-corrected chi connectivity index (χ1v) is 7.50. The summed E-state index contributed by atoms with van der Waals surface area (Å²) in [6.45, 7) is 8.01. The molecule has 118 valence electrons. The van der Waals surface area contributed by atoms with E-state index in [0.717, 1.165) is 25.5 Å². The first-order chi connectivity index (χ1) is 9.33. The van der Waals surface area contributed by atoms with Crippen molar-refractivity contribution in [2.75, 3.05) is 33.9 Å². The molecule has 0 aromatic heterocycles. The number of hydrogen-bond donors (Lipinski definition) is 1. The highest BCUT2D eigenvalue weighted by Gasteiger charge is 2.30. The summed E-state index contributed by atoms with van der Waals surface area (Å²) >= 11 is 0. The number of methoxy groups -OCH3 is 1. The van der Waals surface area contributed by atoms with Crippen molar-refractivity contribution >= 4 is 6.09 Å². The van der Waals surface area contributed by atoms with Crippen LogP contribution in [0.2, 0.25) is 0 Å². The summed E-state index contributed by atoms with van der Waals surface area (Å²) in [4.78, 5) is 13.4. The molecule has 0 bridgehead atoms. The lowest BCUT2D eigenvalue weighted by Crippen LogP contribution is -2.38. The van der Waals surface area contributed by atoms with E-state index in [0.29, 0.717) is 12.6 Å². The van der Waals surface area contributed by atoms with Gasteiger partial charge in [-0.2, -0.15) is 0 Å². The van der Waals surface area contributed by atoms with Crippen LogP contribution in [0.3, 0.4) is 0 Å². The molecule has 0 spiro atoms. The maximum atomic E-state index is 11.8. The lowest BCUT2D eigenvalue weighted by molar-refractivity contribution is 0.0296. The molecule has 1 N–H and O–H groups in total. The van der Waals surface area contributed by atoms with E-state index < -0.39 is 5.60 Å². The Labute approximate surface area is 123 Å². The lowest BCUT2D eigenvalue weighted by Gasteiger charge is -2.25. The van der Waals surface area contributed by atoms with E-state index in [2.05, 4.69) is 5.32 Å². The van der Waals surface area contributed by atoms with Crippen LogP contribution in [0.1, 0.15) is 40.0 Å². The molecule has 0 saturated heterocycles. The molecule has 0 aliphatic heterocycles. The van der Waals surface area contributed by atoms with Gasteiger partial charge in [0.25, 0.3) is 0 Å². The summed E-state index contributed by atoms with van der Waals surface area (Å²) in [6.07, 6.45) is 3.27. The standard InChI is InChI=1S/C15H30N2O3/c1-15(2,3)20-14(18)17(4)10-6-9-16-13(11-19-5)12-7-8-12/h12-13,16H,6-11H2,1-5H3. The normalized spacial score (nSPS) is 16.9. The van der Waals surface area contributed by atoms with Gasteiger partial charge >= 0.3 is 6.09 Å². The van der Waals surface area contributed by atoms with E-state index >= 15 is 0 Å². The molecule has 20 heavy (non-hydrogen) atoms. The number of ether oxygens (including phenoxy) is 2. The molecule has 1 aliphatic rings. The zero-order valence-corrected chi connectivity index (χ0v) is 13.6. The molecule has 0 heterocycles. The summed E-state index contributed by atoms with van der Waals surface area (Å²) in [5.41, 5.74) is -0.431. The number of hydrogen-bond acceptors (Lipinski definition) is 4. The van der Waals surface area contributed by atoms with E-state index in [1.807, 2.05) is 20.8 Å². The molecule has 0 aromatic carbocycles. The molecule has 1 aliphatic carbocycles.